The molecular weight excluding hydrogens is 362 g/mol. The summed E-state index contributed by atoms with van der Waals surface area (Å²) in [4.78, 5) is 23.2. The van der Waals surface area contributed by atoms with Crippen LogP contribution in [0.4, 0.5) is 4.79 Å². The summed E-state index contributed by atoms with van der Waals surface area (Å²) in [5.41, 5.74) is 0.339. The van der Waals surface area contributed by atoms with Crippen molar-refractivity contribution in [2.24, 2.45) is 0 Å². The fraction of sp³-hybridized carbons (Fsp3) is 0.333. The molecule has 28 heavy (non-hydrogen) atoms. The van der Waals surface area contributed by atoms with E-state index in [1.165, 1.54) is 0 Å². The van der Waals surface area contributed by atoms with E-state index in [4.69, 9.17) is 18.9 Å². The predicted octanol–water partition coefficient (Wildman–Crippen LogP) is 3.46. The molecule has 2 aromatic rings. The Morgan fingerprint density at radius 1 is 1.00 bits per heavy atom. The maximum absolute atomic E-state index is 12.0. The Labute approximate surface area is 164 Å². The van der Waals surface area contributed by atoms with Gasteiger partial charge in [-0.1, -0.05) is 30.8 Å². The Morgan fingerprint density at radius 3 is 2.36 bits per heavy atom. The molecule has 0 aliphatic heterocycles. The number of rotatable bonds is 10. The fourth-order valence-corrected chi connectivity index (χ4v) is 2.39. The van der Waals surface area contributed by atoms with Crippen molar-refractivity contribution in [2.45, 2.75) is 13.8 Å². The van der Waals surface area contributed by atoms with Crippen molar-refractivity contribution < 1.29 is 28.5 Å². The van der Waals surface area contributed by atoms with Gasteiger partial charge in [0.2, 0.25) is 0 Å². The third-order valence-corrected chi connectivity index (χ3v) is 3.67. The number of esters is 1. The van der Waals surface area contributed by atoms with E-state index in [-0.39, 0.29) is 26.4 Å². The minimum absolute atomic E-state index is 0.133. The Bertz CT molecular complexity index is 833. The lowest BCUT2D eigenvalue weighted by Gasteiger charge is -2.12. The van der Waals surface area contributed by atoms with E-state index >= 15 is 0 Å². The maximum Gasteiger partial charge on any atom is 0.412 e. The van der Waals surface area contributed by atoms with Crippen molar-refractivity contribution >= 4 is 22.8 Å². The van der Waals surface area contributed by atoms with E-state index in [9.17, 15) is 9.59 Å². The molecular formula is C21H25NO6. The van der Waals surface area contributed by atoms with Crippen LogP contribution in [0.3, 0.4) is 0 Å². The van der Waals surface area contributed by atoms with Crippen LogP contribution in [0, 0.1) is 0 Å². The molecule has 1 amide bonds. The van der Waals surface area contributed by atoms with Crippen LogP contribution >= 0.6 is 0 Å². The molecule has 0 aromatic heterocycles. The SMILES string of the molecule is C=C(C)C(=O)OCCOCCNC(=O)Oc1ccc(OCC)c2ccccc12. The molecule has 0 fully saturated rings. The average molecular weight is 387 g/mol. The van der Waals surface area contributed by atoms with Gasteiger partial charge in [0.25, 0.3) is 0 Å². The number of ether oxygens (including phenoxy) is 4. The van der Waals surface area contributed by atoms with E-state index in [0.717, 1.165) is 16.5 Å². The first-order chi connectivity index (χ1) is 13.5. The van der Waals surface area contributed by atoms with Crippen LogP contribution in [-0.2, 0) is 14.3 Å². The van der Waals surface area contributed by atoms with E-state index in [1.807, 2.05) is 31.2 Å². The number of nitrogens with one attached hydrogen (secondary N) is 1. The molecule has 0 radical (unpaired) electrons. The number of fused-ring (bicyclic) bond motifs is 1. The van der Waals surface area contributed by atoms with Gasteiger partial charge in [0.1, 0.15) is 18.1 Å². The molecule has 0 spiro atoms. The van der Waals surface area contributed by atoms with Gasteiger partial charge < -0.3 is 24.3 Å². The Morgan fingerprint density at radius 2 is 1.68 bits per heavy atom. The zero-order chi connectivity index (χ0) is 20.4. The molecule has 2 rings (SSSR count). The summed E-state index contributed by atoms with van der Waals surface area (Å²) in [6.45, 7) is 8.43. The zero-order valence-electron chi connectivity index (χ0n) is 16.2. The summed E-state index contributed by atoms with van der Waals surface area (Å²) in [5, 5.41) is 4.28. The molecule has 0 saturated heterocycles. The summed E-state index contributed by atoms with van der Waals surface area (Å²) in [7, 11) is 0. The second-order valence-electron chi connectivity index (χ2n) is 5.89. The molecule has 0 saturated carbocycles. The molecule has 0 bridgehead atoms. The summed E-state index contributed by atoms with van der Waals surface area (Å²) in [6, 6.07) is 11.1. The lowest BCUT2D eigenvalue weighted by molar-refractivity contribution is -0.140. The van der Waals surface area contributed by atoms with Crippen molar-refractivity contribution in [1.82, 2.24) is 5.32 Å². The highest BCUT2D eigenvalue weighted by molar-refractivity contribution is 5.94. The van der Waals surface area contributed by atoms with Gasteiger partial charge in [0.15, 0.2) is 0 Å². The minimum Gasteiger partial charge on any atom is -0.493 e. The molecule has 0 unspecified atom stereocenters. The van der Waals surface area contributed by atoms with Crippen LogP contribution < -0.4 is 14.8 Å². The van der Waals surface area contributed by atoms with Crippen molar-refractivity contribution in [1.29, 1.82) is 0 Å². The molecule has 0 heterocycles. The molecule has 0 aliphatic carbocycles. The van der Waals surface area contributed by atoms with Gasteiger partial charge in [-0.2, -0.15) is 0 Å². The summed E-state index contributed by atoms with van der Waals surface area (Å²) in [5.74, 6) is 0.740. The monoisotopic (exact) mass is 387 g/mol. The second kappa shape index (κ2) is 10.9. The Kier molecular flexibility index (Phi) is 8.30. The summed E-state index contributed by atoms with van der Waals surface area (Å²) in [6.07, 6.45) is -0.577. The van der Waals surface area contributed by atoms with Gasteiger partial charge >= 0.3 is 12.1 Å². The van der Waals surface area contributed by atoms with Crippen molar-refractivity contribution in [2.75, 3.05) is 33.0 Å². The molecule has 7 nitrogen and oxygen atoms in total. The van der Waals surface area contributed by atoms with Crippen molar-refractivity contribution in [3.8, 4) is 11.5 Å². The average Bonchev–Trinajstić information content (AvgIpc) is 2.69. The van der Waals surface area contributed by atoms with Gasteiger partial charge in [-0.15, -0.1) is 0 Å². The molecule has 2 aromatic carbocycles. The number of hydrogen-bond acceptors (Lipinski definition) is 6. The molecule has 7 heteroatoms. The predicted molar refractivity (Wildman–Crippen MR) is 106 cm³/mol. The highest BCUT2D eigenvalue weighted by atomic mass is 16.6. The third-order valence-electron chi connectivity index (χ3n) is 3.67. The van der Waals surface area contributed by atoms with Crippen LogP contribution in [0.15, 0.2) is 48.6 Å². The first kappa shape index (κ1) is 21.2. The van der Waals surface area contributed by atoms with Crippen LogP contribution in [0.2, 0.25) is 0 Å². The molecule has 1 N–H and O–H groups in total. The van der Waals surface area contributed by atoms with Gasteiger partial charge in [-0.3, -0.25) is 0 Å². The maximum atomic E-state index is 12.0. The van der Waals surface area contributed by atoms with Gasteiger partial charge in [0.05, 0.1) is 19.8 Å². The topological polar surface area (TPSA) is 83.1 Å². The number of hydrogen-bond donors (Lipinski definition) is 1. The quantitative estimate of drug-likeness (QED) is 0.382. The highest BCUT2D eigenvalue weighted by Crippen LogP contribution is 2.33. The van der Waals surface area contributed by atoms with Crippen LogP contribution in [-0.4, -0.2) is 45.0 Å². The smallest absolute Gasteiger partial charge is 0.412 e. The Hall–Kier alpha value is -3.06. The number of amides is 1. The van der Waals surface area contributed by atoms with Crippen molar-refractivity contribution in [3.63, 3.8) is 0 Å². The van der Waals surface area contributed by atoms with E-state index in [1.54, 1.807) is 19.1 Å². The normalized spacial score (nSPS) is 10.4. The van der Waals surface area contributed by atoms with E-state index < -0.39 is 12.1 Å². The number of carbonyl (C=O) groups is 2. The van der Waals surface area contributed by atoms with Gasteiger partial charge in [-0.25, -0.2) is 9.59 Å². The zero-order valence-corrected chi connectivity index (χ0v) is 16.2. The molecule has 0 atom stereocenters. The van der Waals surface area contributed by atoms with Crippen molar-refractivity contribution in [3.05, 3.63) is 48.6 Å². The second-order valence-corrected chi connectivity index (χ2v) is 5.89. The molecule has 150 valence electrons. The fourth-order valence-electron chi connectivity index (χ4n) is 2.39. The van der Waals surface area contributed by atoms with Crippen LogP contribution in [0.5, 0.6) is 11.5 Å². The first-order valence-corrected chi connectivity index (χ1v) is 9.03. The summed E-state index contributed by atoms with van der Waals surface area (Å²) >= 11 is 0. The van der Waals surface area contributed by atoms with Crippen LogP contribution in [0.25, 0.3) is 10.8 Å². The highest BCUT2D eigenvalue weighted by Gasteiger charge is 2.11. The molecule has 0 aliphatic rings. The van der Waals surface area contributed by atoms with Gasteiger partial charge in [-0.05, 0) is 26.0 Å². The number of carbonyl (C=O) groups excluding carboxylic acids is 2. The van der Waals surface area contributed by atoms with Crippen LogP contribution in [0.1, 0.15) is 13.8 Å². The lowest BCUT2D eigenvalue weighted by Crippen LogP contribution is -2.30. The summed E-state index contributed by atoms with van der Waals surface area (Å²) < 4.78 is 21.2. The largest absolute Gasteiger partial charge is 0.493 e. The van der Waals surface area contributed by atoms with E-state index in [0.29, 0.717) is 17.9 Å². The Balaban J connectivity index is 1.77. The minimum atomic E-state index is -0.577. The van der Waals surface area contributed by atoms with E-state index in [2.05, 4.69) is 11.9 Å². The third kappa shape index (κ3) is 6.28. The van der Waals surface area contributed by atoms with Gasteiger partial charge in [0, 0.05) is 22.9 Å². The lowest BCUT2D eigenvalue weighted by atomic mass is 10.1. The first-order valence-electron chi connectivity index (χ1n) is 9.03. The number of benzene rings is 2. The standard InChI is InChI=1S/C21H25NO6/c1-4-26-18-9-10-19(17-8-6-5-7-16(17)18)28-21(24)22-11-12-25-13-14-27-20(23)15(2)3/h5-10H,2,4,11-14H2,1,3H3,(H,22,24).